The molecule has 0 spiro atoms. The number of hydrogen-bond donors (Lipinski definition) is 2. The molecule has 2 heterocycles. The number of hydrogen-bond acceptors (Lipinski definition) is 6. The lowest BCUT2D eigenvalue weighted by atomic mass is 10.3. The Morgan fingerprint density at radius 3 is 2.83 bits per heavy atom. The molecule has 152 valence electrons. The predicted molar refractivity (Wildman–Crippen MR) is 111 cm³/mol. The van der Waals surface area contributed by atoms with Gasteiger partial charge in [0.1, 0.15) is 5.82 Å². The van der Waals surface area contributed by atoms with Crippen LogP contribution >= 0.6 is 34.7 Å². The number of halogens is 2. The van der Waals surface area contributed by atoms with Crippen molar-refractivity contribution in [2.24, 2.45) is 0 Å². The van der Waals surface area contributed by atoms with Crippen molar-refractivity contribution < 1.29 is 19.1 Å². The van der Waals surface area contributed by atoms with Crippen molar-refractivity contribution >= 4 is 52.3 Å². The molecule has 0 fully saturated rings. The third-order valence-electron chi connectivity index (χ3n) is 3.85. The zero-order valence-corrected chi connectivity index (χ0v) is 17.5. The highest BCUT2D eigenvalue weighted by atomic mass is 35.5. The molecule has 0 aliphatic rings. The van der Waals surface area contributed by atoms with Crippen LogP contribution in [0.2, 0.25) is 5.02 Å². The quantitative estimate of drug-likeness (QED) is 0.490. The van der Waals surface area contributed by atoms with Gasteiger partial charge in [-0.15, -0.1) is 21.5 Å². The largest absolute Gasteiger partial charge is 0.481 e. The Hall–Kier alpha value is -2.43. The van der Waals surface area contributed by atoms with Crippen LogP contribution in [-0.2, 0) is 16.1 Å². The first-order valence-corrected chi connectivity index (χ1v) is 10.6. The summed E-state index contributed by atoms with van der Waals surface area (Å²) in [5, 5.41) is 21.7. The monoisotopic (exact) mass is 454 g/mol. The number of carbonyl (C=O) groups is 2. The zero-order chi connectivity index (χ0) is 21.0. The first-order chi connectivity index (χ1) is 13.8. The number of thiophene rings is 1. The fourth-order valence-corrected chi connectivity index (χ4v) is 4.18. The minimum Gasteiger partial charge on any atom is -0.481 e. The van der Waals surface area contributed by atoms with Gasteiger partial charge in [0.15, 0.2) is 11.0 Å². The second-order valence-corrected chi connectivity index (χ2v) is 8.62. The number of carboxylic acids is 1. The minimum absolute atomic E-state index is 0.0860. The average Bonchev–Trinajstić information content (AvgIpc) is 3.32. The van der Waals surface area contributed by atoms with Gasteiger partial charge in [0.25, 0.3) is 0 Å². The molecule has 0 saturated heterocycles. The van der Waals surface area contributed by atoms with E-state index in [0.717, 1.165) is 16.6 Å². The summed E-state index contributed by atoms with van der Waals surface area (Å²) in [5.74, 6) is -1.28. The van der Waals surface area contributed by atoms with Crippen LogP contribution in [-0.4, -0.2) is 37.0 Å². The summed E-state index contributed by atoms with van der Waals surface area (Å²) >= 11 is 8.36. The highest BCUT2D eigenvalue weighted by Gasteiger charge is 2.22. The number of carboxylic acid groups (broad SMARTS) is 1. The van der Waals surface area contributed by atoms with Crippen LogP contribution in [0.1, 0.15) is 13.3 Å². The van der Waals surface area contributed by atoms with E-state index < -0.39 is 17.0 Å². The highest BCUT2D eigenvalue weighted by molar-refractivity contribution is 8.00. The van der Waals surface area contributed by atoms with E-state index in [9.17, 15) is 14.0 Å². The molecule has 2 aromatic heterocycles. The second-order valence-electron chi connectivity index (χ2n) is 5.96. The van der Waals surface area contributed by atoms with Crippen molar-refractivity contribution in [1.82, 2.24) is 14.8 Å². The zero-order valence-electron chi connectivity index (χ0n) is 15.1. The van der Waals surface area contributed by atoms with E-state index in [1.165, 1.54) is 29.5 Å². The van der Waals surface area contributed by atoms with Crippen LogP contribution in [0, 0.1) is 5.82 Å². The molecular formula is C18H16ClFN4O3S2. The van der Waals surface area contributed by atoms with Gasteiger partial charge in [-0.3, -0.25) is 9.59 Å². The van der Waals surface area contributed by atoms with Gasteiger partial charge in [-0.1, -0.05) is 29.4 Å². The average molecular weight is 455 g/mol. The van der Waals surface area contributed by atoms with E-state index in [0.29, 0.717) is 16.7 Å². The van der Waals surface area contributed by atoms with Gasteiger partial charge < -0.3 is 15.0 Å². The fourth-order valence-electron chi connectivity index (χ4n) is 2.40. The summed E-state index contributed by atoms with van der Waals surface area (Å²) in [4.78, 5) is 24.4. The lowest BCUT2D eigenvalue weighted by Crippen LogP contribution is -2.23. The molecule has 0 bridgehead atoms. The van der Waals surface area contributed by atoms with Gasteiger partial charge in [-0.05, 0) is 36.6 Å². The second kappa shape index (κ2) is 9.38. The number of nitrogens with one attached hydrogen (secondary N) is 1. The molecule has 3 aromatic rings. The summed E-state index contributed by atoms with van der Waals surface area (Å²) in [6.45, 7) is 1.87. The van der Waals surface area contributed by atoms with Crippen molar-refractivity contribution in [3.05, 3.63) is 46.6 Å². The maximum Gasteiger partial charge on any atom is 0.305 e. The van der Waals surface area contributed by atoms with Crippen molar-refractivity contribution in [2.75, 3.05) is 5.32 Å². The van der Waals surface area contributed by atoms with Crippen LogP contribution in [0.4, 0.5) is 10.1 Å². The third kappa shape index (κ3) is 5.34. The molecule has 0 aliphatic carbocycles. The molecule has 3 rings (SSSR count). The molecule has 0 unspecified atom stereocenters. The molecule has 1 aromatic carbocycles. The molecule has 0 saturated carbocycles. The van der Waals surface area contributed by atoms with Gasteiger partial charge in [-0.25, -0.2) is 4.39 Å². The van der Waals surface area contributed by atoms with Gasteiger partial charge in [-0.2, -0.15) is 0 Å². The van der Waals surface area contributed by atoms with E-state index in [1.807, 2.05) is 17.5 Å². The summed E-state index contributed by atoms with van der Waals surface area (Å²) in [6.07, 6.45) is -0.0986. The van der Waals surface area contributed by atoms with E-state index >= 15 is 0 Å². The summed E-state index contributed by atoms with van der Waals surface area (Å²) in [7, 11) is 0. The number of aromatic nitrogens is 3. The Morgan fingerprint density at radius 2 is 2.17 bits per heavy atom. The van der Waals surface area contributed by atoms with Crippen molar-refractivity contribution in [3.8, 4) is 10.7 Å². The van der Waals surface area contributed by atoms with E-state index in [2.05, 4.69) is 15.5 Å². The van der Waals surface area contributed by atoms with Crippen LogP contribution in [0.3, 0.4) is 0 Å². The lowest BCUT2D eigenvalue weighted by Gasteiger charge is -2.13. The lowest BCUT2D eigenvalue weighted by molar-refractivity contribution is -0.137. The topological polar surface area (TPSA) is 97.1 Å². The predicted octanol–water partition coefficient (Wildman–Crippen LogP) is 4.39. The third-order valence-corrected chi connectivity index (χ3v) is 6.08. The molecular weight excluding hydrogens is 439 g/mol. The molecule has 7 nitrogen and oxygen atoms in total. The van der Waals surface area contributed by atoms with Gasteiger partial charge in [0.05, 0.1) is 21.6 Å². The van der Waals surface area contributed by atoms with Crippen LogP contribution in [0.25, 0.3) is 10.7 Å². The Kier molecular flexibility index (Phi) is 6.88. The first kappa shape index (κ1) is 21.3. The summed E-state index contributed by atoms with van der Waals surface area (Å²) < 4.78 is 15.0. The van der Waals surface area contributed by atoms with E-state index in [1.54, 1.807) is 11.5 Å². The molecule has 11 heteroatoms. The fraction of sp³-hybridized carbons (Fsp3) is 0.222. The number of carbonyl (C=O) groups excluding carboxylic acids is 1. The standard InChI is InChI=1S/C18H16ClFN4O3S2/c1-10(17(27)21-11-4-5-13(20)12(19)9-11)29-18-23-22-16(14-3-2-8-28-14)24(18)7-6-15(25)26/h2-5,8-10H,6-7H2,1H3,(H,21,27)(H,25,26)/t10-/m0/s1. The van der Waals surface area contributed by atoms with E-state index in [4.69, 9.17) is 16.7 Å². The van der Waals surface area contributed by atoms with Crippen molar-refractivity contribution in [2.45, 2.75) is 30.3 Å². The normalized spacial score (nSPS) is 12.0. The molecule has 29 heavy (non-hydrogen) atoms. The SMILES string of the molecule is C[C@H](Sc1nnc(-c2cccs2)n1CCC(=O)O)C(=O)Nc1ccc(F)c(Cl)c1. The van der Waals surface area contributed by atoms with Crippen LogP contribution in [0.5, 0.6) is 0 Å². The number of rotatable bonds is 8. The van der Waals surface area contributed by atoms with Crippen LogP contribution in [0.15, 0.2) is 40.9 Å². The van der Waals surface area contributed by atoms with Crippen LogP contribution < -0.4 is 5.32 Å². The van der Waals surface area contributed by atoms with Crippen molar-refractivity contribution in [1.29, 1.82) is 0 Å². The Bertz CT molecular complexity index is 1030. The molecule has 0 radical (unpaired) electrons. The summed E-state index contributed by atoms with van der Waals surface area (Å²) in [6, 6.07) is 7.66. The molecule has 1 amide bonds. The maximum atomic E-state index is 13.3. The smallest absolute Gasteiger partial charge is 0.305 e. The number of nitrogens with zero attached hydrogens (tertiary/aromatic N) is 3. The van der Waals surface area contributed by atoms with Gasteiger partial charge >= 0.3 is 5.97 Å². The number of anilines is 1. The van der Waals surface area contributed by atoms with Gasteiger partial charge in [0, 0.05) is 12.2 Å². The van der Waals surface area contributed by atoms with Gasteiger partial charge in [0.2, 0.25) is 5.91 Å². The molecule has 1 atom stereocenters. The van der Waals surface area contributed by atoms with E-state index in [-0.39, 0.29) is 23.9 Å². The number of aliphatic carboxylic acids is 1. The number of amides is 1. The highest BCUT2D eigenvalue weighted by Crippen LogP contribution is 2.30. The number of benzene rings is 1. The van der Waals surface area contributed by atoms with Crippen molar-refractivity contribution in [3.63, 3.8) is 0 Å². The Balaban J connectivity index is 1.76. The maximum absolute atomic E-state index is 13.3. The Morgan fingerprint density at radius 1 is 1.38 bits per heavy atom. The molecule has 2 N–H and O–H groups in total. The number of thioether (sulfide) groups is 1. The molecule has 0 aliphatic heterocycles. The Labute approximate surface area is 178 Å². The minimum atomic E-state index is -0.939. The first-order valence-electron chi connectivity index (χ1n) is 8.46. The summed E-state index contributed by atoms with van der Waals surface area (Å²) in [5.41, 5.74) is 0.375.